The maximum absolute atomic E-state index is 12.8. The van der Waals surface area contributed by atoms with Gasteiger partial charge in [-0.25, -0.2) is 0 Å². The van der Waals surface area contributed by atoms with Gasteiger partial charge in [0.15, 0.2) is 5.76 Å². The van der Waals surface area contributed by atoms with Crippen molar-refractivity contribution in [3.63, 3.8) is 0 Å². The molecule has 0 bridgehead atoms. The molecule has 1 amide bonds. The zero-order chi connectivity index (χ0) is 20.3. The highest BCUT2D eigenvalue weighted by Crippen LogP contribution is 2.29. The van der Waals surface area contributed by atoms with Gasteiger partial charge in [-0.1, -0.05) is 35.5 Å². The summed E-state index contributed by atoms with van der Waals surface area (Å²) in [6.07, 6.45) is 1.77. The van der Waals surface area contributed by atoms with Crippen LogP contribution in [0, 0.1) is 0 Å². The molecule has 6 heteroatoms. The van der Waals surface area contributed by atoms with Crippen LogP contribution < -0.4 is 5.32 Å². The van der Waals surface area contributed by atoms with Gasteiger partial charge < -0.3 is 9.84 Å². The summed E-state index contributed by atoms with van der Waals surface area (Å²) in [6, 6.07) is 21.1. The Labute approximate surface area is 177 Å². The first-order valence-corrected chi connectivity index (χ1v) is 10.4. The van der Waals surface area contributed by atoms with Crippen molar-refractivity contribution in [3.05, 3.63) is 94.8 Å². The van der Waals surface area contributed by atoms with E-state index in [0.29, 0.717) is 17.9 Å². The van der Waals surface area contributed by atoms with Crippen LogP contribution in [0.4, 0.5) is 0 Å². The average molecular weight is 411 g/mol. The fourth-order valence-electron chi connectivity index (χ4n) is 3.32. The molecule has 0 radical (unpaired) electrons. The molecule has 30 heavy (non-hydrogen) atoms. The summed E-state index contributed by atoms with van der Waals surface area (Å²) in [5, 5.41) is 12.0. The van der Waals surface area contributed by atoms with Crippen LogP contribution in [0.15, 0.2) is 88.2 Å². The Morgan fingerprint density at radius 1 is 1.00 bits per heavy atom. The topological polar surface area (TPSA) is 68.0 Å². The number of pyridine rings is 1. The Morgan fingerprint density at radius 2 is 1.90 bits per heavy atom. The Morgan fingerprint density at radius 3 is 2.73 bits per heavy atom. The van der Waals surface area contributed by atoms with E-state index in [0.717, 1.165) is 33.3 Å². The average Bonchev–Trinajstić information content (AvgIpc) is 3.48. The summed E-state index contributed by atoms with van der Waals surface area (Å²) >= 11 is 1.63. The van der Waals surface area contributed by atoms with Gasteiger partial charge in [0.05, 0.1) is 11.1 Å². The minimum absolute atomic E-state index is 0.147. The molecule has 1 N–H and O–H groups in total. The van der Waals surface area contributed by atoms with Crippen molar-refractivity contribution >= 4 is 28.1 Å². The van der Waals surface area contributed by atoms with E-state index < -0.39 is 0 Å². The van der Waals surface area contributed by atoms with Crippen LogP contribution in [0.2, 0.25) is 0 Å². The third-order valence-corrected chi connectivity index (χ3v) is 5.55. The molecule has 0 saturated carbocycles. The molecule has 0 saturated heterocycles. The lowest BCUT2D eigenvalue weighted by Crippen LogP contribution is -2.22. The third kappa shape index (κ3) is 3.60. The monoisotopic (exact) mass is 411 g/mol. The summed E-state index contributed by atoms with van der Waals surface area (Å²) in [6.45, 7) is 0.422. The molecule has 0 aliphatic rings. The first-order chi connectivity index (χ1) is 14.8. The third-order valence-electron chi connectivity index (χ3n) is 4.87. The van der Waals surface area contributed by atoms with Gasteiger partial charge in [0.25, 0.3) is 5.91 Å². The second-order valence-electron chi connectivity index (χ2n) is 6.85. The maximum Gasteiger partial charge on any atom is 0.251 e. The van der Waals surface area contributed by atoms with E-state index in [2.05, 4.69) is 20.8 Å². The second kappa shape index (κ2) is 7.93. The lowest BCUT2D eigenvalue weighted by Gasteiger charge is -2.07. The van der Waals surface area contributed by atoms with Crippen LogP contribution in [0.3, 0.4) is 0 Å². The Bertz CT molecular complexity index is 1310. The zero-order valence-corrected chi connectivity index (χ0v) is 16.7. The van der Waals surface area contributed by atoms with E-state index in [1.807, 2.05) is 60.0 Å². The van der Waals surface area contributed by atoms with Gasteiger partial charge in [0.1, 0.15) is 5.52 Å². The zero-order valence-electron chi connectivity index (χ0n) is 15.9. The van der Waals surface area contributed by atoms with Crippen molar-refractivity contribution in [3.8, 4) is 22.6 Å². The van der Waals surface area contributed by atoms with Crippen LogP contribution in [0.1, 0.15) is 15.9 Å². The van der Waals surface area contributed by atoms with Gasteiger partial charge >= 0.3 is 0 Å². The largest absolute Gasteiger partial charge is 0.355 e. The molecular formula is C24H17N3O2S. The minimum Gasteiger partial charge on any atom is -0.355 e. The highest BCUT2D eigenvalue weighted by Gasteiger charge is 2.14. The second-order valence-corrected chi connectivity index (χ2v) is 7.63. The van der Waals surface area contributed by atoms with Gasteiger partial charge in [-0.15, -0.1) is 0 Å². The number of fused-ring (bicyclic) bond motifs is 1. The number of hydrogen-bond acceptors (Lipinski definition) is 5. The van der Waals surface area contributed by atoms with Gasteiger partial charge in [0.2, 0.25) is 0 Å². The predicted octanol–water partition coefficient (Wildman–Crippen LogP) is 5.55. The molecule has 0 aliphatic carbocycles. The van der Waals surface area contributed by atoms with Crippen LogP contribution in [0.25, 0.3) is 33.5 Å². The number of thiophene rings is 1. The molecule has 0 fully saturated rings. The number of nitrogens with zero attached hydrogens (tertiary/aromatic N) is 2. The summed E-state index contributed by atoms with van der Waals surface area (Å²) in [5.41, 5.74) is 5.20. The van der Waals surface area contributed by atoms with Gasteiger partial charge in [-0.05, 0) is 47.3 Å². The van der Waals surface area contributed by atoms with E-state index in [-0.39, 0.29) is 5.91 Å². The lowest BCUT2D eigenvalue weighted by molar-refractivity contribution is 0.0951. The molecule has 3 aromatic heterocycles. The molecule has 0 unspecified atom stereocenters. The molecular weight excluding hydrogens is 394 g/mol. The predicted molar refractivity (Wildman–Crippen MR) is 118 cm³/mol. The summed E-state index contributed by atoms with van der Waals surface area (Å²) in [7, 11) is 0. The van der Waals surface area contributed by atoms with Gasteiger partial charge in [-0.2, -0.15) is 11.3 Å². The van der Waals surface area contributed by atoms with E-state index in [1.54, 1.807) is 29.7 Å². The molecule has 3 heterocycles. The maximum atomic E-state index is 12.8. The van der Waals surface area contributed by atoms with Crippen LogP contribution in [-0.2, 0) is 6.54 Å². The van der Waals surface area contributed by atoms with E-state index in [9.17, 15) is 4.79 Å². The molecule has 5 aromatic rings. The molecule has 0 aliphatic heterocycles. The number of hydrogen-bond donors (Lipinski definition) is 1. The van der Waals surface area contributed by atoms with Crippen molar-refractivity contribution in [2.24, 2.45) is 0 Å². The summed E-state index contributed by atoms with van der Waals surface area (Å²) in [4.78, 5) is 17.2. The molecule has 5 rings (SSSR count). The first-order valence-electron chi connectivity index (χ1n) is 9.48. The SMILES string of the molecule is O=C(NCc1ccnc(-c2ccsc2)c1)c1ccc2noc(-c3ccccc3)c2c1. The number of amides is 1. The molecule has 2 aromatic carbocycles. The van der Waals surface area contributed by atoms with Crippen LogP contribution in [0.5, 0.6) is 0 Å². The number of nitrogens with one attached hydrogen (secondary N) is 1. The number of benzene rings is 2. The van der Waals surface area contributed by atoms with Crippen molar-refractivity contribution in [1.29, 1.82) is 0 Å². The number of aromatic nitrogens is 2. The van der Waals surface area contributed by atoms with Crippen molar-refractivity contribution in [2.75, 3.05) is 0 Å². The minimum atomic E-state index is -0.147. The molecule has 146 valence electrons. The fourth-order valence-corrected chi connectivity index (χ4v) is 3.97. The highest BCUT2D eigenvalue weighted by atomic mass is 32.1. The number of carbonyl (C=O) groups excluding carboxylic acids is 1. The smallest absolute Gasteiger partial charge is 0.251 e. The normalized spacial score (nSPS) is 10.9. The van der Waals surface area contributed by atoms with Crippen LogP contribution in [-0.4, -0.2) is 16.0 Å². The Balaban J connectivity index is 1.36. The molecule has 5 nitrogen and oxygen atoms in total. The van der Waals surface area contributed by atoms with Crippen molar-refractivity contribution < 1.29 is 9.32 Å². The number of rotatable bonds is 5. The Hall–Kier alpha value is -3.77. The molecule has 0 atom stereocenters. The van der Waals surface area contributed by atoms with E-state index >= 15 is 0 Å². The van der Waals surface area contributed by atoms with Gasteiger partial charge in [-0.3, -0.25) is 9.78 Å². The van der Waals surface area contributed by atoms with Crippen LogP contribution >= 0.6 is 11.3 Å². The standard InChI is InChI=1S/C24H17N3O2S/c28-24(26-14-16-8-10-25-22(12-16)19-9-11-30-15-19)18-6-7-21-20(13-18)23(29-27-21)17-4-2-1-3-5-17/h1-13,15H,14H2,(H,26,28). The van der Waals surface area contributed by atoms with Crippen molar-refractivity contribution in [1.82, 2.24) is 15.5 Å². The van der Waals surface area contributed by atoms with E-state index in [1.165, 1.54) is 0 Å². The Kier molecular flexibility index (Phi) is 4.83. The fraction of sp³-hybridized carbons (Fsp3) is 0.0417. The highest BCUT2D eigenvalue weighted by molar-refractivity contribution is 7.08. The first kappa shape index (κ1) is 18.3. The van der Waals surface area contributed by atoms with E-state index in [4.69, 9.17) is 4.52 Å². The summed E-state index contributed by atoms with van der Waals surface area (Å²) in [5.74, 6) is 0.515. The quantitative estimate of drug-likeness (QED) is 0.412. The molecule has 0 spiro atoms. The summed E-state index contributed by atoms with van der Waals surface area (Å²) < 4.78 is 5.53. The lowest BCUT2D eigenvalue weighted by atomic mass is 10.1. The van der Waals surface area contributed by atoms with Crippen molar-refractivity contribution in [2.45, 2.75) is 6.54 Å². The number of carbonyl (C=O) groups is 1. The van der Waals surface area contributed by atoms with Gasteiger partial charge in [0, 0.05) is 34.8 Å².